The van der Waals surface area contributed by atoms with E-state index in [4.69, 9.17) is 0 Å². The molecule has 3 nitrogen and oxygen atoms in total. The Labute approximate surface area is 116 Å². The number of hydrogen-bond donors (Lipinski definition) is 0. The first-order valence-corrected chi connectivity index (χ1v) is 6.96. The first-order valence-electron chi connectivity index (χ1n) is 6.96. The molecule has 0 fully saturated rings. The number of fused-ring (bicyclic) bond motifs is 5. The van der Waals surface area contributed by atoms with Crippen LogP contribution in [0.3, 0.4) is 0 Å². The second-order valence-corrected chi connectivity index (χ2v) is 5.34. The normalized spacial score (nSPS) is 13.6. The lowest BCUT2D eigenvalue weighted by atomic mass is 10.1. The SMILES string of the molecule is c1ccc2c(c1)c1cccc3c1n2-c1nccn1CC3. The topological polar surface area (TPSA) is 22.8 Å². The Bertz CT molecular complexity index is 959. The van der Waals surface area contributed by atoms with Crippen LogP contribution in [-0.2, 0) is 13.0 Å². The summed E-state index contributed by atoms with van der Waals surface area (Å²) in [6.45, 7) is 0.991. The summed E-state index contributed by atoms with van der Waals surface area (Å²) in [6.07, 6.45) is 5.02. The second kappa shape index (κ2) is 3.51. The van der Waals surface area contributed by atoms with Gasteiger partial charge in [-0.05, 0) is 18.1 Å². The van der Waals surface area contributed by atoms with Gasteiger partial charge in [-0.15, -0.1) is 0 Å². The van der Waals surface area contributed by atoms with Gasteiger partial charge in [-0.1, -0.05) is 36.4 Å². The predicted octanol–water partition coefficient (Wildman–Crippen LogP) is 3.54. The number of aryl methyl sites for hydroxylation is 2. The van der Waals surface area contributed by atoms with Crippen LogP contribution >= 0.6 is 0 Å². The maximum absolute atomic E-state index is 4.59. The summed E-state index contributed by atoms with van der Waals surface area (Å²) < 4.78 is 4.55. The third kappa shape index (κ3) is 1.13. The zero-order valence-corrected chi connectivity index (χ0v) is 11.0. The lowest BCUT2D eigenvalue weighted by molar-refractivity contribution is 0.693. The average molecular weight is 259 g/mol. The molecule has 1 aliphatic heterocycles. The van der Waals surface area contributed by atoms with E-state index in [2.05, 4.69) is 62.8 Å². The molecule has 0 N–H and O–H groups in total. The van der Waals surface area contributed by atoms with Crippen molar-refractivity contribution in [1.29, 1.82) is 0 Å². The first kappa shape index (κ1) is 10.3. The van der Waals surface area contributed by atoms with Crippen LogP contribution in [0.25, 0.3) is 27.8 Å². The molecule has 2 aromatic heterocycles. The van der Waals surface area contributed by atoms with Crippen molar-refractivity contribution in [3.63, 3.8) is 0 Å². The molecule has 0 atom stereocenters. The average Bonchev–Trinajstić information content (AvgIpc) is 3.03. The van der Waals surface area contributed by atoms with Gasteiger partial charge in [0.05, 0.1) is 11.0 Å². The van der Waals surface area contributed by atoms with E-state index in [-0.39, 0.29) is 0 Å². The summed E-state index contributed by atoms with van der Waals surface area (Å²) in [7, 11) is 0. The quantitative estimate of drug-likeness (QED) is 0.473. The van der Waals surface area contributed by atoms with Crippen LogP contribution in [-0.4, -0.2) is 14.1 Å². The van der Waals surface area contributed by atoms with Crippen LogP contribution in [0.5, 0.6) is 0 Å². The number of hydrogen-bond acceptors (Lipinski definition) is 1. The molecule has 96 valence electrons. The molecular weight excluding hydrogens is 246 g/mol. The minimum atomic E-state index is 0.991. The fraction of sp³-hybridized carbons (Fsp3) is 0.118. The van der Waals surface area contributed by atoms with Gasteiger partial charge < -0.3 is 4.57 Å². The fourth-order valence-electron chi connectivity index (χ4n) is 3.42. The highest BCUT2D eigenvalue weighted by molar-refractivity contribution is 6.10. The van der Waals surface area contributed by atoms with Crippen LogP contribution in [0.15, 0.2) is 54.9 Å². The number of benzene rings is 2. The Morgan fingerprint density at radius 1 is 0.950 bits per heavy atom. The standard InChI is InChI=1S/C17H13N3/c1-2-7-15-13(5-1)14-6-3-4-12-8-10-19-11-9-18-17(19)20(15)16(12)14/h1-7,9,11H,8,10H2. The minimum absolute atomic E-state index is 0.991. The van der Waals surface area contributed by atoms with Gasteiger partial charge >= 0.3 is 0 Å². The zero-order valence-electron chi connectivity index (χ0n) is 11.0. The van der Waals surface area contributed by atoms with E-state index in [9.17, 15) is 0 Å². The predicted molar refractivity (Wildman–Crippen MR) is 80.3 cm³/mol. The van der Waals surface area contributed by atoms with Crippen molar-refractivity contribution in [3.8, 4) is 5.95 Å². The van der Waals surface area contributed by atoms with Gasteiger partial charge in [0.1, 0.15) is 0 Å². The zero-order chi connectivity index (χ0) is 13.1. The van der Waals surface area contributed by atoms with Crippen molar-refractivity contribution in [1.82, 2.24) is 14.1 Å². The van der Waals surface area contributed by atoms with Crippen molar-refractivity contribution in [2.75, 3.05) is 0 Å². The molecule has 3 heteroatoms. The van der Waals surface area contributed by atoms with Crippen LogP contribution in [0.1, 0.15) is 5.56 Å². The van der Waals surface area contributed by atoms with Crippen molar-refractivity contribution < 1.29 is 0 Å². The number of aromatic nitrogens is 3. The number of rotatable bonds is 0. The number of imidazole rings is 1. The molecular formula is C17H13N3. The van der Waals surface area contributed by atoms with Gasteiger partial charge in [0.25, 0.3) is 0 Å². The molecule has 4 aromatic rings. The molecule has 0 unspecified atom stereocenters. The summed E-state index contributed by atoms with van der Waals surface area (Å²) in [5.74, 6) is 1.03. The van der Waals surface area contributed by atoms with Crippen LogP contribution < -0.4 is 0 Å². The summed E-state index contributed by atoms with van der Waals surface area (Å²) in [5, 5.41) is 2.63. The molecule has 20 heavy (non-hydrogen) atoms. The van der Waals surface area contributed by atoms with Crippen molar-refractivity contribution in [3.05, 3.63) is 60.4 Å². The van der Waals surface area contributed by atoms with Crippen LogP contribution in [0.2, 0.25) is 0 Å². The fourth-order valence-corrected chi connectivity index (χ4v) is 3.42. The van der Waals surface area contributed by atoms with E-state index >= 15 is 0 Å². The van der Waals surface area contributed by atoms with E-state index in [1.807, 2.05) is 6.20 Å². The number of para-hydroxylation sites is 2. The Balaban J connectivity index is 2.12. The highest BCUT2D eigenvalue weighted by Crippen LogP contribution is 2.35. The van der Waals surface area contributed by atoms with Gasteiger partial charge in [-0.25, -0.2) is 4.98 Å². The summed E-state index contributed by atoms with van der Waals surface area (Å²) in [5.41, 5.74) is 3.96. The highest BCUT2D eigenvalue weighted by atomic mass is 15.2. The van der Waals surface area contributed by atoms with E-state index < -0.39 is 0 Å². The lowest BCUT2D eigenvalue weighted by Gasteiger charge is -2.06. The molecule has 0 aliphatic carbocycles. The van der Waals surface area contributed by atoms with Gasteiger partial charge in [0.15, 0.2) is 0 Å². The molecule has 5 rings (SSSR count). The van der Waals surface area contributed by atoms with Crippen molar-refractivity contribution in [2.45, 2.75) is 13.0 Å². The molecule has 2 aromatic carbocycles. The van der Waals surface area contributed by atoms with Gasteiger partial charge in [-0.3, -0.25) is 4.57 Å². The monoisotopic (exact) mass is 259 g/mol. The van der Waals surface area contributed by atoms with Gasteiger partial charge in [0.2, 0.25) is 5.95 Å². The van der Waals surface area contributed by atoms with E-state index in [1.54, 1.807) is 0 Å². The summed E-state index contributed by atoms with van der Waals surface area (Å²) >= 11 is 0. The Morgan fingerprint density at radius 3 is 2.85 bits per heavy atom. The molecule has 1 aliphatic rings. The van der Waals surface area contributed by atoms with E-state index in [1.165, 1.54) is 27.4 Å². The molecule has 0 saturated carbocycles. The Kier molecular flexibility index (Phi) is 1.80. The van der Waals surface area contributed by atoms with Crippen LogP contribution in [0.4, 0.5) is 0 Å². The Morgan fingerprint density at radius 2 is 1.85 bits per heavy atom. The molecule has 3 heterocycles. The Hall–Kier alpha value is -2.55. The van der Waals surface area contributed by atoms with Crippen molar-refractivity contribution in [2.24, 2.45) is 0 Å². The summed E-state index contributed by atoms with van der Waals surface area (Å²) in [6, 6.07) is 15.2. The third-order valence-electron chi connectivity index (χ3n) is 4.29. The third-order valence-corrected chi connectivity index (χ3v) is 4.29. The van der Waals surface area contributed by atoms with Gasteiger partial charge in [0, 0.05) is 29.7 Å². The molecule has 0 amide bonds. The largest absolute Gasteiger partial charge is 0.316 e. The van der Waals surface area contributed by atoms with E-state index in [0.29, 0.717) is 0 Å². The van der Waals surface area contributed by atoms with Gasteiger partial charge in [-0.2, -0.15) is 0 Å². The lowest BCUT2D eigenvalue weighted by Crippen LogP contribution is -2.03. The maximum atomic E-state index is 4.59. The maximum Gasteiger partial charge on any atom is 0.214 e. The molecule has 0 bridgehead atoms. The minimum Gasteiger partial charge on any atom is -0.316 e. The summed E-state index contributed by atoms with van der Waals surface area (Å²) in [4.78, 5) is 4.59. The first-order chi connectivity index (χ1) is 9.93. The second-order valence-electron chi connectivity index (χ2n) is 5.34. The van der Waals surface area contributed by atoms with E-state index in [0.717, 1.165) is 18.9 Å². The molecule has 0 spiro atoms. The van der Waals surface area contributed by atoms with Crippen LogP contribution in [0, 0.1) is 0 Å². The molecule has 0 saturated heterocycles. The molecule has 0 radical (unpaired) electrons. The smallest absolute Gasteiger partial charge is 0.214 e. The number of nitrogens with zero attached hydrogens (tertiary/aromatic N) is 3. The van der Waals surface area contributed by atoms with Crippen molar-refractivity contribution >= 4 is 21.8 Å². The highest BCUT2D eigenvalue weighted by Gasteiger charge is 2.20.